The predicted molar refractivity (Wildman–Crippen MR) is 68.9 cm³/mol. The molecule has 0 unspecified atom stereocenters. The predicted octanol–water partition coefficient (Wildman–Crippen LogP) is 2.81. The highest BCUT2D eigenvalue weighted by molar-refractivity contribution is 5.96. The van der Waals surface area contributed by atoms with Crippen LogP contribution in [0.15, 0.2) is 18.2 Å². The van der Waals surface area contributed by atoms with Gasteiger partial charge in [-0.25, -0.2) is 4.39 Å². The number of Topliss-reactive ketones (excluding diaryl/α,β-unsaturated/α-hetero) is 1. The summed E-state index contributed by atoms with van der Waals surface area (Å²) < 4.78 is 28.9. The van der Waals surface area contributed by atoms with Crippen LogP contribution in [0, 0.1) is 5.82 Å². The maximum atomic E-state index is 13.5. The smallest absolute Gasteiger partial charge is 0.168 e. The molecular formula is C14H19FO4. The summed E-state index contributed by atoms with van der Waals surface area (Å²) in [6.07, 6.45) is -0.527. The Balaban J connectivity index is 2.73. The Hall–Kier alpha value is -1.46. The first-order valence-electron chi connectivity index (χ1n) is 6.22. The van der Waals surface area contributed by atoms with Crippen LogP contribution in [-0.4, -0.2) is 32.4 Å². The van der Waals surface area contributed by atoms with Crippen LogP contribution < -0.4 is 4.74 Å². The molecule has 1 rings (SSSR count). The Bertz CT molecular complexity index is 414. The lowest BCUT2D eigenvalue weighted by molar-refractivity contribution is -0.133. The second-order valence-electron chi connectivity index (χ2n) is 3.82. The first-order chi connectivity index (χ1) is 9.12. The maximum Gasteiger partial charge on any atom is 0.168 e. The van der Waals surface area contributed by atoms with E-state index in [1.165, 1.54) is 19.2 Å². The van der Waals surface area contributed by atoms with Crippen LogP contribution in [0.25, 0.3) is 0 Å². The van der Waals surface area contributed by atoms with Crippen LogP contribution in [0.2, 0.25) is 0 Å². The minimum atomic E-state index is -0.590. The largest absolute Gasteiger partial charge is 0.494 e. The maximum absolute atomic E-state index is 13.5. The van der Waals surface area contributed by atoms with Gasteiger partial charge in [0, 0.05) is 18.8 Å². The minimum Gasteiger partial charge on any atom is -0.494 e. The molecule has 1 aromatic carbocycles. The quantitative estimate of drug-likeness (QED) is 0.538. The van der Waals surface area contributed by atoms with Crippen molar-refractivity contribution in [3.63, 3.8) is 0 Å². The van der Waals surface area contributed by atoms with Gasteiger partial charge in [0.05, 0.1) is 13.5 Å². The van der Waals surface area contributed by atoms with E-state index < -0.39 is 12.1 Å². The van der Waals surface area contributed by atoms with Gasteiger partial charge in [0.15, 0.2) is 23.6 Å². The zero-order valence-electron chi connectivity index (χ0n) is 11.4. The molecule has 5 heteroatoms. The molecule has 0 heterocycles. The third-order valence-corrected chi connectivity index (χ3v) is 2.53. The molecule has 0 saturated carbocycles. The van der Waals surface area contributed by atoms with Gasteiger partial charge in [-0.3, -0.25) is 4.79 Å². The van der Waals surface area contributed by atoms with Gasteiger partial charge in [-0.05, 0) is 32.0 Å². The molecule has 0 aliphatic heterocycles. The number of halogens is 1. The number of carbonyl (C=O) groups is 1. The Morgan fingerprint density at radius 2 is 1.89 bits per heavy atom. The van der Waals surface area contributed by atoms with E-state index in [1.807, 2.05) is 13.8 Å². The highest BCUT2D eigenvalue weighted by atomic mass is 19.1. The number of rotatable bonds is 8. The van der Waals surface area contributed by atoms with Crippen molar-refractivity contribution in [3.8, 4) is 5.75 Å². The van der Waals surface area contributed by atoms with Crippen molar-refractivity contribution in [3.05, 3.63) is 29.6 Å². The molecule has 0 bridgehead atoms. The first-order valence-corrected chi connectivity index (χ1v) is 6.22. The van der Waals surface area contributed by atoms with Crippen LogP contribution in [0.3, 0.4) is 0 Å². The van der Waals surface area contributed by atoms with Crippen molar-refractivity contribution in [2.24, 2.45) is 0 Å². The number of benzene rings is 1. The average molecular weight is 270 g/mol. The molecule has 0 fully saturated rings. The Morgan fingerprint density at radius 3 is 2.37 bits per heavy atom. The van der Waals surface area contributed by atoms with Gasteiger partial charge in [-0.1, -0.05) is 0 Å². The Morgan fingerprint density at radius 1 is 1.26 bits per heavy atom. The van der Waals surface area contributed by atoms with E-state index in [4.69, 9.17) is 14.2 Å². The summed E-state index contributed by atoms with van der Waals surface area (Å²) in [5, 5.41) is 0. The number of ketones is 1. The number of hydrogen-bond acceptors (Lipinski definition) is 4. The third-order valence-electron chi connectivity index (χ3n) is 2.53. The summed E-state index contributed by atoms with van der Waals surface area (Å²) in [7, 11) is 1.38. The summed E-state index contributed by atoms with van der Waals surface area (Å²) in [5.74, 6) is -0.672. The molecule has 0 aliphatic rings. The molecule has 0 N–H and O–H groups in total. The zero-order valence-corrected chi connectivity index (χ0v) is 11.4. The number of methoxy groups -OCH3 is 1. The summed E-state index contributed by atoms with van der Waals surface area (Å²) in [5.41, 5.74) is 0.280. The average Bonchev–Trinajstić information content (AvgIpc) is 2.39. The van der Waals surface area contributed by atoms with Gasteiger partial charge in [-0.15, -0.1) is 0 Å². The topological polar surface area (TPSA) is 44.8 Å². The van der Waals surface area contributed by atoms with Crippen molar-refractivity contribution in [1.82, 2.24) is 0 Å². The monoisotopic (exact) mass is 270 g/mol. The normalized spacial score (nSPS) is 10.8. The van der Waals surface area contributed by atoms with Crippen molar-refractivity contribution < 1.29 is 23.4 Å². The number of hydrogen-bond donors (Lipinski definition) is 0. The highest BCUT2D eigenvalue weighted by Gasteiger charge is 2.17. The van der Waals surface area contributed by atoms with E-state index in [9.17, 15) is 9.18 Å². The first kappa shape index (κ1) is 15.6. The molecule has 19 heavy (non-hydrogen) atoms. The van der Waals surface area contributed by atoms with Crippen LogP contribution >= 0.6 is 0 Å². The van der Waals surface area contributed by atoms with Crippen molar-refractivity contribution in [2.45, 2.75) is 26.6 Å². The summed E-state index contributed by atoms with van der Waals surface area (Å²) >= 11 is 0. The summed E-state index contributed by atoms with van der Waals surface area (Å²) in [6, 6.07) is 4.12. The lowest BCUT2D eigenvalue weighted by Gasteiger charge is -2.16. The lowest BCUT2D eigenvalue weighted by Crippen LogP contribution is -2.21. The highest BCUT2D eigenvalue weighted by Crippen LogP contribution is 2.19. The van der Waals surface area contributed by atoms with E-state index >= 15 is 0 Å². The summed E-state index contributed by atoms with van der Waals surface area (Å²) in [4.78, 5) is 12.0. The van der Waals surface area contributed by atoms with E-state index in [0.717, 1.165) is 6.07 Å². The van der Waals surface area contributed by atoms with Crippen LogP contribution in [0.1, 0.15) is 30.6 Å². The molecule has 1 aromatic rings. The van der Waals surface area contributed by atoms with Gasteiger partial charge >= 0.3 is 0 Å². The fourth-order valence-electron chi connectivity index (χ4n) is 1.65. The number of ether oxygens (including phenoxy) is 3. The molecule has 0 saturated heterocycles. The molecule has 4 nitrogen and oxygen atoms in total. The Kier molecular flexibility index (Phi) is 6.45. The van der Waals surface area contributed by atoms with Gasteiger partial charge in [0.1, 0.15) is 0 Å². The second kappa shape index (κ2) is 7.86. The molecule has 0 amide bonds. The van der Waals surface area contributed by atoms with E-state index in [1.54, 1.807) is 0 Å². The van der Waals surface area contributed by atoms with Gasteiger partial charge < -0.3 is 14.2 Å². The van der Waals surface area contributed by atoms with Gasteiger partial charge in [0.25, 0.3) is 0 Å². The molecule has 0 radical (unpaired) electrons. The van der Waals surface area contributed by atoms with E-state index in [-0.39, 0.29) is 23.5 Å². The van der Waals surface area contributed by atoms with Crippen LogP contribution in [-0.2, 0) is 9.47 Å². The van der Waals surface area contributed by atoms with Gasteiger partial charge in [0.2, 0.25) is 0 Å². The number of carbonyl (C=O) groups excluding carboxylic acids is 1. The fourth-order valence-corrected chi connectivity index (χ4v) is 1.65. The zero-order chi connectivity index (χ0) is 14.3. The van der Waals surface area contributed by atoms with Crippen LogP contribution in [0.4, 0.5) is 4.39 Å². The van der Waals surface area contributed by atoms with E-state index in [2.05, 4.69) is 0 Å². The molecular weight excluding hydrogens is 251 g/mol. The second-order valence-corrected chi connectivity index (χ2v) is 3.82. The molecule has 106 valence electrons. The minimum absolute atomic E-state index is 0.0629. The SMILES string of the molecule is CCOC(CC(=O)c1ccc(OC)c(F)c1)OCC. The van der Waals surface area contributed by atoms with Crippen molar-refractivity contribution in [1.29, 1.82) is 0 Å². The van der Waals surface area contributed by atoms with Crippen molar-refractivity contribution >= 4 is 5.78 Å². The Labute approximate surface area is 112 Å². The third kappa shape index (κ3) is 4.61. The standard InChI is InChI=1S/C14H19FO4/c1-4-18-14(19-5-2)9-12(16)10-6-7-13(17-3)11(15)8-10/h6-8,14H,4-5,9H2,1-3H3. The lowest BCUT2D eigenvalue weighted by atomic mass is 10.1. The van der Waals surface area contributed by atoms with Crippen LogP contribution in [0.5, 0.6) is 5.75 Å². The van der Waals surface area contributed by atoms with Crippen molar-refractivity contribution in [2.75, 3.05) is 20.3 Å². The fraction of sp³-hybridized carbons (Fsp3) is 0.500. The summed E-state index contributed by atoms with van der Waals surface area (Å²) in [6.45, 7) is 4.55. The molecule has 0 aromatic heterocycles. The van der Waals surface area contributed by atoms with Gasteiger partial charge in [-0.2, -0.15) is 0 Å². The molecule has 0 atom stereocenters. The molecule has 0 aliphatic carbocycles. The molecule has 0 spiro atoms. The van der Waals surface area contributed by atoms with E-state index in [0.29, 0.717) is 13.2 Å².